The fourth-order valence-corrected chi connectivity index (χ4v) is 3.51. The van der Waals surface area contributed by atoms with Crippen molar-refractivity contribution >= 4 is 0 Å². The molecule has 0 fully saturated rings. The van der Waals surface area contributed by atoms with E-state index < -0.39 is 0 Å². The summed E-state index contributed by atoms with van der Waals surface area (Å²) < 4.78 is 5.25. The third-order valence-electron chi connectivity index (χ3n) is 5.21. The van der Waals surface area contributed by atoms with Crippen LogP contribution in [-0.2, 0) is 4.74 Å². The van der Waals surface area contributed by atoms with E-state index in [-0.39, 0.29) is 0 Å². The van der Waals surface area contributed by atoms with Crippen LogP contribution in [-0.4, -0.2) is 6.61 Å². The van der Waals surface area contributed by atoms with Gasteiger partial charge in [-0.1, -0.05) is 129 Å². The molecule has 0 atom stereocenters. The minimum atomic E-state index is 0.819. The Hall–Kier alpha value is -0.0400. The lowest BCUT2D eigenvalue weighted by Crippen LogP contribution is -1.87. The quantitative estimate of drug-likeness (QED) is 0.176. The summed E-state index contributed by atoms with van der Waals surface area (Å²) in [5.41, 5.74) is 0. The van der Waals surface area contributed by atoms with E-state index in [0.717, 1.165) is 13.0 Å². The molecule has 0 aliphatic heterocycles. The first-order valence-electron chi connectivity index (χ1n) is 11.8. The van der Waals surface area contributed by atoms with Gasteiger partial charge in [-0.2, -0.15) is 0 Å². The predicted octanol–water partition coefficient (Wildman–Crippen LogP) is 9.01. The van der Waals surface area contributed by atoms with Crippen LogP contribution in [0.4, 0.5) is 0 Å². The fraction of sp³-hybridized carbons (Fsp3) is 0.958. The van der Waals surface area contributed by atoms with Crippen molar-refractivity contribution in [3.63, 3.8) is 0 Å². The molecule has 25 heavy (non-hydrogen) atoms. The molecule has 0 saturated carbocycles. The van der Waals surface area contributed by atoms with Crippen molar-refractivity contribution in [3.05, 3.63) is 6.61 Å². The maximum atomic E-state index is 5.25. The molecule has 0 N–H and O–H groups in total. The van der Waals surface area contributed by atoms with Gasteiger partial charge in [0.25, 0.3) is 0 Å². The average Bonchev–Trinajstić information content (AvgIpc) is 2.63. The summed E-state index contributed by atoms with van der Waals surface area (Å²) in [6, 6.07) is 0. The van der Waals surface area contributed by atoms with E-state index in [4.69, 9.17) is 4.74 Å². The van der Waals surface area contributed by atoms with Crippen molar-refractivity contribution in [2.75, 3.05) is 6.61 Å². The predicted molar refractivity (Wildman–Crippen MR) is 114 cm³/mol. The Balaban J connectivity index is 2.94. The highest BCUT2D eigenvalue weighted by Gasteiger charge is 1.95. The van der Waals surface area contributed by atoms with Gasteiger partial charge in [-0.3, -0.25) is 0 Å². The molecule has 1 radical (unpaired) electrons. The molecule has 151 valence electrons. The summed E-state index contributed by atoms with van der Waals surface area (Å²) in [6.07, 6.45) is 28.6. The Labute approximate surface area is 160 Å². The zero-order valence-corrected chi connectivity index (χ0v) is 17.8. The Morgan fingerprint density at radius 1 is 0.440 bits per heavy atom. The molecule has 0 spiro atoms. The van der Waals surface area contributed by atoms with E-state index in [0.29, 0.717) is 0 Å². The van der Waals surface area contributed by atoms with Gasteiger partial charge in [-0.05, 0) is 13.3 Å². The number of rotatable bonds is 22. The molecule has 0 saturated heterocycles. The summed E-state index contributed by atoms with van der Waals surface area (Å²) >= 11 is 0. The molecule has 0 aliphatic rings. The highest BCUT2D eigenvalue weighted by molar-refractivity contribution is 4.53. The monoisotopic (exact) mass is 353 g/mol. The lowest BCUT2D eigenvalue weighted by Gasteiger charge is -2.04. The largest absolute Gasteiger partial charge is 0.376 e. The molecule has 0 aliphatic carbocycles. The first-order valence-corrected chi connectivity index (χ1v) is 11.8. The molecule has 0 aromatic carbocycles. The smallest absolute Gasteiger partial charge is 0.0836 e. The number of unbranched alkanes of at least 4 members (excludes halogenated alkanes) is 19. The van der Waals surface area contributed by atoms with E-state index in [2.05, 4.69) is 6.92 Å². The van der Waals surface area contributed by atoms with E-state index in [1.54, 1.807) is 0 Å². The molecule has 0 amide bonds. The van der Waals surface area contributed by atoms with Crippen LogP contribution in [0.15, 0.2) is 0 Å². The minimum absolute atomic E-state index is 0.819. The molecule has 0 aromatic heterocycles. The van der Waals surface area contributed by atoms with Gasteiger partial charge in [0.05, 0.1) is 6.61 Å². The van der Waals surface area contributed by atoms with Crippen LogP contribution in [0.3, 0.4) is 0 Å². The van der Waals surface area contributed by atoms with Crippen molar-refractivity contribution in [2.24, 2.45) is 0 Å². The van der Waals surface area contributed by atoms with Crippen molar-refractivity contribution in [1.82, 2.24) is 0 Å². The van der Waals surface area contributed by atoms with Crippen molar-refractivity contribution in [2.45, 2.75) is 142 Å². The first kappa shape index (κ1) is 25.0. The molecular weight excluding hydrogens is 304 g/mol. The Bertz CT molecular complexity index is 192. The van der Waals surface area contributed by atoms with Gasteiger partial charge in [-0.15, -0.1) is 0 Å². The second kappa shape index (κ2) is 24.0. The maximum Gasteiger partial charge on any atom is 0.0836 e. The van der Waals surface area contributed by atoms with Crippen molar-refractivity contribution in [3.8, 4) is 0 Å². The zero-order chi connectivity index (χ0) is 18.3. The van der Waals surface area contributed by atoms with Crippen LogP contribution in [0, 0.1) is 6.61 Å². The van der Waals surface area contributed by atoms with Crippen LogP contribution in [0.1, 0.15) is 142 Å². The highest BCUT2D eigenvalue weighted by atomic mass is 16.5. The second-order valence-corrected chi connectivity index (χ2v) is 7.77. The molecule has 1 nitrogen and oxygen atoms in total. The third-order valence-corrected chi connectivity index (χ3v) is 5.21. The van der Waals surface area contributed by atoms with Crippen LogP contribution in [0.25, 0.3) is 0 Å². The van der Waals surface area contributed by atoms with E-state index >= 15 is 0 Å². The van der Waals surface area contributed by atoms with Crippen LogP contribution in [0.2, 0.25) is 0 Å². The molecular formula is C24H49O. The van der Waals surface area contributed by atoms with Gasteiger partial charge in [0.15, 0.2) is 0 Å². The number of hydrogen-bond donors (Lipinski definition) is 0. The Morgan fingerprint density at radius 2 is 0.760 bits per heavy atom. The van der Waals surface area contributed by atoms with Gasteiger partial charge >= 0.3 is 0 Å². The standard InChI is InChI=1S/C24H49O/c1-3-5-6-7-8-9-10-11-12-13-14-15-16-17-18-19-20-21-22-23-24-25-4-2/h24H,3-23H2,1-2H3. The van der Waals surface area contributed by atoms with Gasteiger partial charge in [0.1, 0.15) is 0 Å². The Kier molecular flexibility index (Phi) is 23.9. The van der Waals surface area contributed by atoms with Crippen molar-refractivity contribution < 1.29 is 4.74 Å². The number of hydrogen-bond acceptors (Lipinski definition) is 1. The van der Waals surface area contributed by atoms with Gasteiger partial charge in [0, 0.05) is 6.61 Å². The summed E-state index contributed by atoms with van der Waals surface area (Å²) in [7, 11) is 0. The molecule has 1 heteroatoms. The highest BCUT2D eigenvalue weighted by Crippen LogP contribution is 2.14. The van der Waals surface area contributed by atoms with Crippen molar-refractivity contribution in [1.29, 1.82) is 0 Å². The minimum Gasteiger partial charge on any atom is -0.376 e. The topological polar surface area (TPSA) is 9.23 Å². The second-order valence-electron chi connectivity index (χ2n) is 7.77. The van der Waals surface area contributed by atoms with E-state index in [1.165, 1.54) is 122 Å². The maximum absolute atomic E-state index is 5.25. The molecule has 0 rings (SSSR count). The summed E-state index contributed by atoms with van der Waals surface area (Å²) in [6.45, 7) is 7.14. The van der Waals surface area contributed by atoms with E-state index in [1.807, 2.05) is 13.5 Å². The normalized spacial score (nSPS) is 11.3. The lowest BCUT2D eigenvalue weighted by atomic mass is 10.0. The SMILES string of the molecule is CCCCCCCCCCCCCCCCCCCCC[CH]OCC. The number of ether oxygens (including phenoxy) is 1. The first-order chi connectivity index (χ1) is 12.4. The summed E-state index contributed by atoms with van der Waals surface area (Å²) in [5.74, 6) is 0. The lowest BCUT2D eigenvalue weighted by molar-refractivity contribution is 0.205. The van der Waals surface area contributed by atoms with E-state index in [9.17, 15) is 0 Å². The molecule has 0 bridgehead atoms. The molecule has 0 heterocycles. The van der Waals surface area contributed by atoms with Crippen LogP contribution >= 0.6 is 0 Å². The van der Waals surface area contributed by atoms with Crippen LogP contribution in [0.5, 0.6) is 0 Å². The summed E-state index contributed by atoms with van der Waals surface area (Å²) in [4.78, 5) is 0. The van der Waals surface area contributed by atoms with Gasteiger partial charge in [0.2, 0.25) is 0 Å². The van der Waals surface area contributed by atoms with Gasteiger partial charge < -0.3 is 4.74 Å². The Morgan fingerprint density at radius 3 is 1.08 bits per heavy atom. The molecule has 0 unspecified atom stereocenters. The zero-order valence-electron chi connectivity index (χ0n) is 17.8. The summed E-state index contributed by atoms with van der Waals surface area (Å²) in [5, 5.41) is 0. The van der Waals surface area contributed by atoms with Gasteiger partial charge in [-0.25, -0.2) is 0 Å². The average molecular weight is 354 g/mol. The third kappa shape index (κ3) is 24.0. The molecule has 0 aromatic rings. The fourth-order valence-electron chi connectivity index (χ4n) is 3.51. The van der Waals surface area contributed by atoms with Crippen LogP contribution < -0.4 is 0 Å².